The Morgan fingerprint density at radius 2 is 1.72 bits per heavy atom. The number of likely N-dealkylation sites (tertiary alicyclic amines) is 1. The van der Waals surface area contributed by atoms with Gasteiger partial charge < -0.3 is 4.90 Å². The molecular weight excluding hydrogens is 336 g/mol. The van der Waals surface area contributed by atoms with E-state index in [1.54, 1.807) is 13.5 Å². The van der Waals surface area contributed by atoms with Crippen LogP contribution in [0.1, 0.15) is 12.0 Å². The minimum atomic E-state index is -3.17. The van der Waals surface area contributed by atoms with E-state index in [1.165, 1.54) is 0 Å². The Hall–Kier alpha value is -2.40. The zero-order valence-electron chi connectivity index (χ0n) is 13.7. The van der Waals surface area contributed by atoms with Crippen molar-refractivity contribution in [3.63, 3.8) is 0 Å². The van der Waals surface area contributed by atoms with E-state index in [0.717, 1.165) is 23.4 Å². The number of nitriles is 1. The number of para-hydroxylation sites is 2. The second-order valence-electron chi connectivity index (χ2n) is 6.32. The highest BCUT2D eigenvalue weighted by molar-refractivity contribution is 8.26. The molecule has 6 nitrogen and oxygen atoms in total. The summed E-state index contributed by atoms with van der Waals surface area (Å²) in [6.45, 7) is 1.58. The number of nitrogens with zero attached hydrogens (tertiary/aromatic N) is 4. The molecule has 0 bridgehead atoms. The molecule has 2 heterocycles. The molecular formula is C18H20N4O2S. The highest BCUT2D eigenvalue weighted by Gasteiger charge is 2.45. The fourth-order valence-corrected chi connectivity index (χ4v) is 5.52. The van der Waals surface area contributed by atoms with Gasteiger partial charge >= 0.3 is 0 Å². The van der Waals surface area contributed by atoms with Gasteiger partial charge in [-0.25, -0.2) is 8.61 Å². The van der Waals surface area contributed by atoms with Crippen molar-refractivity contribution in [2.75, 3.05) is 21.7 Å². The summed E-state index contributed by atoms with van der Waals surface area (Å²) in [4.78, 5) is 1.67. The first kappa shape index (κ1) is 16.1. The Labute approximate surface area is 149 Å². The topological polar surface area (TPSA) is 74.0 Å². The third kappa shape index (κ3) is 2.68. The molecule has 0 aromatic heterocycles. The van der Waals surface area contributed by atoms with Crippen LogP contribution in [0.15, 0.2) is 54.6 Å². The average Bonchev–Trinajstić information content (AvgIpc) is 3.17. The van der Waals surface area contributed by atoms with Crippen molar-refractivity contribution in [3.8, 4) is 6.19 Å². The normalized spacial score (nSPS) is 22.6. The van der Waals surface area contributed by atoms with Gasteiger partial charge in [-0.2, -0.15) is 5.26 Å². The van der Waals surface area contributed by atoms with Crippen molar-refractivity contribution in [2.24, 2.45) is 0 Å². The molecule has 2 aromatic rings. The molecule has 0 radical (unpaired) electrons. The maximum atomic E-state index is 11.1. The van der Waals surface area contributed by atoms with Crippen molar-refractivity contribution in [1.82, 2.24) is 4.90 Å². The molecule has 0 amide bonds. The summed E-state index contributed by atoms with van der Waals surface area (Å²) in [6, 6.07) is 17.4. The van der Waals surface area contributed by atoms with Crippen LogP contribution in [-0.2, 0) is 6.54 Å². The van der Waals surface area contributed by atoms with Crippen LogP contribution < -0.4 is 8.61 Å². The number of fused-ring (bicyclic) bond motifs is 1. The quantitative estimate of drug-likeness (QED) is 0.818. The minimum absolute atomic E-state index is 0.0911. The van der Waals surface area contributed by atoms with Crippen molar-refractivity contribution >= 4 is 22.3 Å². The summed E-state index contributed by atoms with van der Waals surface area (Å²) < 4.78 is 25.6. The predicted octanol–water partition coefficient (Wildman–Crippen LogP) is 3.65. The number of benzene rings is 2. The van der Waals surface area contributed by atoms with Crippen LogP contribution in [0.4, 0.5) is 11.4 Å². The monoisotopic (exact) mass is 356 g/mol. The summed E-state index contributed by atoms with van der Waals surface area (Å²) in [6.07, 6.45) is 2.89. The van der Waals surface area contributed by atoms with E-state index in [-0.39, 0.29) is 6.04 Å². The second-order valence-corrected chi connectivity index (χ2v) is 8.13. The fourth-order valence-electron chi connectivity index (χ4n) is 3.57. The van der Waals surface area contributed by atoms with Gasteiger partial charge in [0.1, 0.15) is 0 Å². The van der Waals surface area contributed by atoms with Gasteiger partial charge in [-0.15, -0.1) is 0 Å². The van der Waals surface area contributed by atoms with E-state index < -0.39 is 11.0 Å². The third-order valence-corrected chi connectivity index (χ3v) is 6.69. The van der Waals surface area contributed by atoms with Crippen LogP contribution in [0.5, 0.6) is 0 Å². The molecule has 1 saturated heterocycles. The van der Waals surface area contributed by atoms with Gasteiger partial charge in [0.05, 0.1) is 30.5 Å². The van der Waals surface area contributed by atoms with Crippen LogP contribution in [0, 0.1) is 11.5 Å². The average molecular weight is 356 g/mol. The molecule has 0 aliphatic carbocycles. The summed E-state index contributed by atoms with van der Waals surface area (Å²) in [7, 11) is -3.17. The van der Waals surface area contributed by atoms with Gasteiger partial charge in [0.25, 0.3) is 0 Å². The molecule has 2 aliphatic heterocycles. The summed E-state index contributed by atoms with van der Waals surface area (Å²) in [5, 5.41) is 9.13. The second kappa shape index (κ2) is 6.15. The first-order valence-corrected chi connectivity index (χ1v) is 9.70. The SMILES string of the molecule is N#CN1CCC(N2c3ccccc3N(Cc3ccccc3)S2(O)O)C1. The van der Waals surface area contributed by atoms with Crippen LogP contribution in [0.2, 0.25) is 0 Å². The van der Waals surface area contributed by atoms with E-state index in [9.17, 15) is 9.11 Å². The first-order chi connectivity index (χ1) is 12.1. The van der Waals surface area contributed by atoms with Gasteiger partial charge in [-0.3, -0.25) is 9.11 Å². The summed E-state index contributed by atoms with van der Waals surface area (Å²) in [5.74, 6) is 0. The molecule has 130 valence electrons. The highest BCUT2D eigenvalue weighted by atomic mass is 32.3. The smallest absolute Gasteiger partial charge is 0.179 e. The largest absolute Gasteiger partial charge is 0.308 e. The molecule has 1 atom stereocenters. The molecule has 2 N–H and O–H groups in total. The van der Waals surface area contributed by atoms with Gasteiger partial charge in [0.15, 0.2) is 6.19 Å². The number of rotatable bonds is 3. The maximum absolute atomic E-state index is 11.1. The van der Waals surface area contributed by atoms with Crippen molar-refractivity contribution in [2.45, 2.75) is 19.0 Å². The van der Waals surface area contributed by atoms with E-state index in [4.69, 9.17) is 5.26 Å². The highest BCUT2D eigenvalue weighted by Crippen LogP contribution is 2.62. The summed E-state index contributed by atoms with van der Waals surface area (Å²) in [5.41, 5.74) is 2.66. The van der Waals surface area contributed by atoms with Gasteiger partial charge in [-0.05, 0) is 35.1 Å². The standard InChI is InChI=1S/C18H20N4O2S/c19-14-20-11-10-16(13-20)22-18-9-5-4-8-17(18)21(25(22,23)24)12-15-6-2-1-3-7-15/h1-9,16,23-24H,10-13H2. The van der Waals surface area contributed by atoms with Crippen LogP contribution >= 0.6 is 11.0 Å². The first-order valence-electron chi connectivity index (χ1n) is 8.24. The molecule has 2 aromatic carbocycles. The zero-order valence-corrected chi connectivity index (χ0v) is 14.5. The molecule has 0 spiro atoms. The van der Waals surface area contributed by atoms with E-state index in [0.29, 0.717) is 19.6 Å². The van der Waals surface area contributed by atoms with E-state index in [1.807, 2.05) is 54.6 Å². The number of hydrogen-bond donors (Lipinski definition) is 2. The Kier molecular flexibility index (Phi) is 3.96. The predicted molar refractivity (Wildman–Crippen MR) is 100.0 cm³/mol. The fraction of sp³-hybridized carbons (Fsp3) is 0.278. The lowest BCUT2D eigenvalue weighted by molar-refractivity contribution is 0.457. The van der Waals surface area contributed by atoms with Gasteiger partial charge in [-0.1, -0.05) is 42.5 Å². The third-order valence-electron chi connectivity index (χ3n) is 4.75. The molecule has 0 saturated carbocycles. The van der Waals surface area contributed by atoms with Crippen molar-refractivity contribution < 1.29 is 9.11 Å². The maximum Gasteiger partial charge on any atom is 0.179 e. The molecule has 7 heteroatoms. The van der Waals surface area contributed by atoms with Crippen LogP contribution in [-0.4, -0.2) is 33.1 Å². The van der Waals surface area contributed by atoms with E-state index in [2.05, 4.69) is 6.19 Å². The molecule has 4 rings (SSSR count). The Balaban J connectivity index is 1.71. The number of hydrogen-bond acceptors (Lipinski definition) is 6. The molecule has 1 fully saturated rings. The van der Waals surface area contributed by atoms with Crippen molar-refractivity contribution in [1.29, 1.82) is 5.26 Å². The van der Waals surface area contributed by atoms with Crippen LogP contribution in [0.3, 0.4) is 0 Å². The minimum Gasteiger partial charge on any atom is -0.308 e. The van der Waals surface area contributed by atoms with Gasteiger partial charge in [0, 0.05) is 6.54 Å². The molecule has 25 heavy (non-hydrogen) atoms. The Morgan fingerprint density at radius 3 is 2.40 bits per heavy atom. The lowest BCUT2D eigenvalue weighted by Crippen LogP contribution is -2.41. The molecule has 1 unspecified atom stereocenters. The summed E-state index contributed by atoms with van der Waals surface area (Å²) >= 11 is 0. The number of anilines is 2. The van der Waals surface area contributed by atoms with E-state index >= 15 is 0 Å². The zero-order chi connectivity index (χ0) is 17.4. The van der Waals surface area contributed by atoms with Crippen molar-refractivity contribution in [3.05, 3.63) is 60.2 Å². The Bertz CT molecular complexity index is 808. The molecule has 2 aliphatic rings. The van der Waals surface area contributed by atoms with Crippen LogP contribution in [0.25, 0.3) is 0 Å². The lowest BCUT2D eigenvalue weighted by atomic mass is 10.2. The lowest BCUT2D eigenvalue weighted by Gasteiger charge is -2.46. The van der Waals surface area contributed by atoms with Gasteiger partial charge in [0.2, 0.25) is 0 Å². The Morgan fingerprint density at radius 1 is 1.04 bits per heavy atom.